The minimum atomic E-state index is -1.05. The Morgan fingerprint density at radius 1 is 1.15 bits per heavy atom. The molecule has 1 aromatic carbocycles. The zero-order chi connectivity index (χ0) is 14.4. The van der Waals surface area contributed by atoms with E-state index in [0.717, 1.165) is 4.88 Å². The first-order chi connectivity index (χ1) is 9.66. The highest BCUT2D eigenvalue weighted by atomic mass is 32.1. The Morgan fingerprint density at radius 2 is 1.90 bits per heavy atom. The first-order valence-electron chi connectivity index (χ1n) is 5.97. The number of thiophene rings is 1. The summed E-state index contributed by atoms with van der Waals surface area (Å²) in [5, 5.41) is 10.8. The van der Waals surface area contributed by atoms with Gasteiger partial charge in [-0.2, -0.15) is 0 Å². The number of para-hydroxylation sites is 1. The Bertz CT molecular complexity index is 605. The van der Waals surface area contributed by atoms with E-state index < -0.39 is 5.97 Å². The number of benzene rings is 1. The largest absolute Gasteiger partial charge is 0.480 e. The standard InChI is InChI=1S/C15H13NO3S/c17-14(9-8-13-7-4-10-20-13)16(11-15(18)19)12-5-2-1-3-6-12/h1-10H,11H2,(H,18,19)/b9-8+. The second-order valence-corrected chi connectivity index (χ2v) is 4.98. The molecule has 0 saturated carbocycles. The van der Waals surface area contributed by atoms with Crippen molar-refractivity contribution in [2.24, 2.45) is 0 Å². The molecule has 0 saturated heterocycles. The van der Waals surface area contributed by atoms with Crippen LogP contribution >= 0.6 is 11.3 Å². The molecule has 1 aromatic heterocycles. The van der Waals surface area contributed by atoms with Crippen LogP contribution in [0.25, 0.3) is 6.08 Å². The van der Waals surface area contributed by atoms with Gasteiger partial charge in [-0.25, -0.2) is 0 Å². The summed E-state index contributed by atoms with van der Waals surface area (Å²) in [7, 11) is 0. The van der Waals surface area contributed by atoms with Crippen LogP contribution in [0.1, 0.15) is 4.88 Å². The van der Waals surface area contributed by atoms with Crippen LogP contribution in [0, 0.1) is 0 Å². The van der Waals surface area contributed by atoms with Gasteiger partial charge in [-0.05, 0) is 29.7 Å². The fraction of sp³-hybridized carbons (Fsp3) is 0.0667. The molecule has 1 heterocycles. The number of rotatable bonds is 5. The highest BCUT2D eigenvalue weighted by Gasteiger charge is 2.16. The molecule has 1 amide bonds. The normalized spacial score (nSPS) is 10.6. The summed E-state index contributed by atoms with van der Waals surface area (Å²) in [4.78, 5) is 25.2. The fourth-order valence-corrected chi connectivity index (χ4v) is 2.29. The van der Waals surface area contributed by atoms with Crippen LogP contribution < -0.4 is 4.90 Å². The average Bonchev–Trinajstić information content (AvgIpc) is 2.96. The van der Waals surface area contributed by atoms with Gasteiger partial charge in [0, 0.05) is 16.6 Å². The summed E-state index contributed by atoms with van der Waals surface area (Å²) in [6, 6.07) is 12.5. The smallest absolute Gasteiger partial charge is 0.323 e. The van der Waals surface area contributed by atoms with Crippen molar-refractivity contribution < 1.29 is 14.7 Å². The van der Waals surface area contributed by atoms with E-state index in [9.17, 15) is 9.59 Å². The molecule has 0 aliphatic heterocycles. The van der Waals surface area contributed by atoms with Gasteiger partial charge in [0.25, 0.3) is 5.91 Å². The van der Waals surface area contributed by atoms with Crippen LogP contribution in [0.15, 0.2) is 53.9 Å². The van der Waals surface area contributed by atoms with E-state index in [2.05, 4.69) is 0 Å². The van der Waals surface area contributed by atoms with E-state index in [1.165, 1.54) is 22.3 Å². The maximum atomic E-state index is 12.2. The van der Waals surface area contributed by atoms with Crippen LogP contribution in [0.5, 0.6) is 0 Å². The van der Waals surface area contributed by atoms with E-state index in [1.807, 2.05) is 23.6 Å². The summed E-state index contributed by atoms with van der Waals surface area (Å²) < 4.78 is 0. The van der Waals surface area contributed by atoms with E-state index in [-0.39, 0.29) is 12.5 Å². The molecule has 0 aliphatic rings. The second-order valence-electron chi connectivity index (χ2n) is 4.00. The Kier molecular flexibility index (Phi) is 4.68. The lowest BCUT2D eigenvalue weighted by molar-refractivity contribution is -0.136. The molecular weight excluding hydrogens is 274 g/mol. The average molecular weight is 287 g/mol. The summed E-state index contributed by atoms with van der Waals surface area (Å²) in [5.74, 6) is -1.40. The van der Waals surface area contributed by atoms with Crippen LogP contribution in [0.4, 0.5) is 5.69 Å². The molecule has 102 valence electrons. The minimum absolute atomic E-state index is 0.355. The second kappa shape index (κ2) is 6.68. The third-order valence-electron chi connectivity index (χ3n) is 2.56. The zero-order valence-electron chi connectivity index (χ0n) is 10.6. The molecule has 2 aromatic rings. The molecule has 4 nitrogen and oxygen atoms in total. The van der Waals surface area contributed by atoms with Gasteiger partial charge >= 0.3 is 5.97 Å². The van der Waals surface area contributed by atoms with Gasteiger partial charge in [0.05, 0.1) is 0 Å². The number of anilines is 1. The summed E-state index contributed by atoms with van der Waals surface area (Å²) >= 11 is 1.51. The number of nitrogens with zero attached hydrogens (tertiary/aromatic N) is 1. The number of carboxylic acid groups (broad SMARTS) is 1. The van der Waals surface area contributed by atoms with Crippen molar-refractivity contribution in [1.29, 1.82) is 0 Å². The number of amides is 1. The van der Waals surface area contributed by atoms with Crippen molar-refractivity contribution in [3.8, 4) is 0 Å². The first-order valence-corrected chi connectivity index (χ1v) is 6.85. The van der Waals surface area contributed by atoms with Gasteiger partial charge in [-0.3, -0.25) is 14.5 Å². The molecule has 0 fully saturated rings. The van der Waals surface area contributed by atoms with Gasteiger partial charge in [0.2, 0.25) is 0 Å². The number of carboxylic acids is 1. The Balaban J connectivity index is 2.18. The summed E-state index contributed by atoms with van der Waals surface area (Å²) in [5.41, 5.74) is 0.565. The number of carbonyl (C=O) groups excluding carboxylic acids is 1. The zero-order valence-corrected chi connectivity index (χ0v) is 11.4. The molecule has 0 spiro atoms. The van der Waals surface area contributed by atoms with Gasteiger partial charge in [-0.15, -0.1) is 11.3 Å². The third-order valence-corrected chi connectivity index (χ3v) is 3.40. The van der Waals surface area contributed by atoms with Gasteiger partial charge in [-0.1, -0.05) is 24.3 Å². The molecule has 0 radical (unpaired) electrons. The monoisotopic (exact) mass is 287 g/mol. The van der Waals surface area contributed by atoms with Crippen molar-refractivity contribution in [3.63, 3.8) is 0 Å². The van der Waals surface area contributed by atoms with Gasteiger partial charge < -0.3 is 5.11 Å². The molecule has 0 atom stereocenters. The van der Waals surface area contributed by atoms with Crippen LogP contribution in [-0.4, -0.2) is 23.5 Å². The molecule has 1 N–H and O–H groups in total. The van der Waals surface area contributed by atoms with Crippen molar-refractivity contribution >= 4 is 35.0 Å². The summed E-state index contributed by atoms with van der Waals surface area (Å²) in [6.45, 7) is -0.363. The number of aliphatic carboxylic acids is 1. The van der Waals surface area contributed by atoms with Crippen LogP contribution in [0.2, 0.25) is 0 Å². The lowest BCUT2D eigenvalue weighted by Gasteiger charge is -2.18. The van der Waals surface area contributed by atoms with E-state index >= 15 is 0 Å². The molecule has 0 bridgehead atoms. The predicted molar refractivity (Wildman–Crippen MR) is 79.8 cm³/mol. The highest BCUT2D eigenvalue weighted by molar-refractivity contribution is 7.10. The Hall–Kier alpha value is -2.40. The van der Waals surface area contributed by atoms with Crippen LogP contribution in [-0.2, 0) is 9.59 Å². The first kappa shape index (κ1) is 14.0. The van der Waals surface area contributed by atoms with E-state index in [1.54, 1.807) is 30.3 Å². The van der Waals surface area contributed by atoms with Crippen molar-refractivity contribution in [1.82, 2.24) is 0 Å². The lowest BCUT2D eigenvalue weighted by Crippen LogP contribution is -2.34. The molecule has 0 aliphatic carbocycles. The molecular formula is C15H13NO3S. The lowest BCUT2D eigenvalue weighted by atomic mass is 10.2. The SMILES string of the molecule is O=C(O)CN(C(=O)/C=C/c1cccs1)c1ccccc1. The Labute approximate surface area is 120 Å². The maximum absolute atomic E-state index is 12.2. The maximum Gasteiger partial charge on any atom is 0.323 e. The third kappa shape index (κ3) is 3.80. The van der Waals surface area contributed by atoms with Crippen molar-refractivity contribution in [3.05, 3.63) is 58.8 Å². The fourth-order valence-electron chi connectivity index (χ4n) is 1.67. The topological polar surface area (TPSA) is 57.6 Å². The molecule has 0 unspecified atom stereocenters. The van der Waals surface area contributed by atoms with E-state index in [0.29, 0.717) is 5.69 Å². The minimum Gasteiger partial charge on any atom is -0.480 e. The predicted octanol–water partition coefficient (Wildman–Crippen LogP) is 2.88. The quantitative estimate of drug-likeness (QED) is 0.860. The Morgan fingerprint density at radius 3 is 2.50 bits per heavy atom. The van der Waals surface area contributed by atoms with Crippen molar-refractivity contribution in [2.75, 3.05) is 11.4 Å². The molecule has 20 heavy (non-hydrogen) atoms. The van der Waals surface area contributed by atoms with E-state index in [4.69, 9.17) is 5.11 Å². The number of hydrogen-bond acceptors (Lipinski definition) is 3. The van der Waals surface area contributed by atoms with Gasteiger partial charge in [0.1, 0.15) is 6.54 Å². The molecule has 2 rings (SSSR count). The number of carbonyl (C=O) groups is 2. The molecule has 5 heteroatoms. The van der Waals surface area contributed by atoms with Gasteiger partial charge in [0.15, 0.2) is 0 Å². The van der Waals surface area contributed by atoms with Crippen LogP contribution in [0.3, 0.4) is 0 Å². The van der Waals surface area contributed by atoms with Crippen molar-refractivity contribution in [2.45, 2.75) is 0 Å². The number of hydrogen-bond donors (Lipinski definition) is 1. The summed E-state index contributed by atoms with van der Waals surface area (Å²) in [6.07, 6.45) is 3.08. The highest BCUT2D eigenvalue weighted by Crippen LogP contribution is 2.15.